The average molecular weight is 215 g/mol. The summed E-state index contributed by atoms with van der Waals surface area (Å²) in [5, 5.41) is 0. The zero-order valence-electron chi connectivity index (χ0n) is 10.5. The van der Waals surface area contributed by atoms with Crippen molar-refractivity contribution in [1.82, 2.24) is 4.90 Å². The number of hydrogen-bond donors (Lipinski definition) is 0. The van der Waals surface area contributed by atoms with Crippen LogP contribution in [0.25, 0.3) is 0 Å². The topological polar surface area (TPSA) is 3.24 Å². The lowest BCUT2D eigenvalue weighted by Crippen LogP contribution is -2.38. The Bertz CT molecular complexity index is 392. The Kier molecular flexibility index (Phi) is 2.16. The summed E-state index contributed by atoms with van der Waals surface area (Å²) in [7, 11) is 0. The average Bonchev–Trinajstić information content (AvgIpc) is 2.85. The van der Waals surface area contributed by atoms with E-state index in [1.165, 1.54) is 24.9 Å². The molecule has 0 spiro atoms. The van der Waals surface area contributed by atoms with Crippen molar-refractivity contribution in [3.05, 3.63) is 35.4 Å². The number of fused-ring (bicyclic) bond motifs is 1. The van der Waals surface area contributed by atoms with Crippen molar-refractivity contribution in [2.75, 3.05) is 6.54 Å². The summed E-state index contributed by atoms with van der Waals surface area (Å²) in [5.74, 6) is 0.928. The molecule has 1 aromatic rings. The van der Waals surface area contributed by atoms with Gasteiger partial charge in [-0.3, -0.25) is 4.90 Å². The van der Waals surface area contributed by atoms with E-state index in [-0.39, 0.29) is 0 Å². The second-order valence-electron chi connectivity index (χ2n) is 5.77. The van der Waals surface area contributed by atoms with Crippen LogP contribution in [0.4, 0.5) is 0 Å². The van der Waals surface area contributed by atoms with Crippen molar-refractivity contribution >= 4 is 0 Å². The number of rotatable bonds is 2. The zero-order valence-corrected chi connectivity index (χ0v) is 10.5. The van der Waals surface area contributed by atoms with Gasteiger partial charge in [0.25, 0.3) is 0 Å². The molecule has 0 aromatic heterocycles. The first-order valence-electron chi connectivity index (χ1n) is 6.48. The highest BCUT2D eigenvalue weighted by Crippen LogP contribution is 2.63. The molecule has 1 heterocycles. The fourth-order valence-corrected chi connectivity index (χ4v) is 3.58. The summed E-state index contributed by atoms with van der Waals surface area (Å²) in [6.45, 7) is 8.12. The quantitative estimate of drug-likeness (QED) is 0.731. The third kappa shape index (κ3) is 1.27. The fraction of sp³-hybridized carbons (Fsp3) is 0.600. The van der Waals surface area contributed by atoms with E-state index in [0.29, 0.717) is 11.6 Å². The molecule has 2 aliphatic rings. The van der Waals surface area contributed by atoms with Crippen LogP contribution in [0.15, 0.2) is 24.3 Å². The molecule has 1 aliphatic carbocycles. The van der Waals surface area contributed by atoms with Crippen LogP contribution in [0, 0.1) is 12.8 Å². The van der Waals surface area contributed by atoms with E-state index in [9.17, 15) is 0 Å². The van der Waals surface area contributed by atoms with Crippen molar-refractivity contribution in [3.63, 3.8) is 0 Å². The van der Waals surface area contributed by atoms with E-state index in [0.717, 1.165) is 5.92 Å². The van der Waals surface area contributed by atoms with Gasteiger partial charge in [-0.2, -0.15) is 0 Å². The Morgan fingerprint density at radius 3 is 2.50 bits per heavy atom. The van der Waals surface area contributed by atoms with E-state index in [1.54, 1.807) is 5.56 Å². The predicted octanol–water partition coefficient (Wildman–Crippen LogP) is 3.32. The van der Waals surface area contributed by atoms with Crippen LogP contribution in [0.2, 0.25) is 0 Å². The largest absolute Gasteiger partial charge is 0.291 e. The highest BCUT2D eigenvalue weighted by Gasteiger charge is 2.62. The molecular formula is C15H21N. The first kappa shape index (κ1) is 10.3. The normalized spacial score (nSPS) is 33.1. The first-order valence-corrected chi connectivity index (χ1v) is 6.48. The number of piperidine rings is 1. The summed E-state index contributed by atoms with van der Waals surface area (Å²) in [5.41, 5.74) is 3.34. The second-order valence-corrected chi connectivity index (χ2v) is 5.77. The van der Waals surface area contributed by atoms with E-state index < -0.39 is 0 Å². The summed E-state index contributed by atoms with van der Waals surface area (Å²) in [4.78, 5) is 2.71. The molecule has 86 valence electrons. The maximum Gasteiger partial charge on any atom is 0.0496 e. The van der Waals surface area contributed by atoms with Crippen LogP contribution in [-0.4, -0.2) is 17.5 Å². The highest BCUT2D eigenvalue weighted by molar-refractivity contribution is 5.36. The molecule has 1 saturated heterocycles. The smallest absolute Gasteiger partial charge is 0.0496 e. The molecule has 0 amide bonds. The van der Waals surface area contributed by atoms with Gasteiger partial charge in [-0.1, -0.05) is 29.8 Å². The Morgan fingerprint density at radius 2 is 1.94 bits per heavy atom. The Hall–Kier alpha value is -0.820. The lowest BCUT2D eigenvalue weighted by atomic mass is 10.00. The van der Waals surface area contributed by atoms with Crippen molar-refractivity contribution in [2.24, 2.45) is 5.92 Å². The third-order valence-electron chi connectivity index (χ3n) is 4.48. The minimum atomic E-state index is 0.419. The highest BCUT2D eigenvalue weighted by atomic mass is 15.3. The summed E-state index contributed by atoms with van der Waals surface area (Å²) < 4.78 is 0. The molecular weight excluding hydrogens is 194 g/mol. The van der Waals surface area contributed by atoms with Crippen molar-refractivity contribution in [3.8, 4) is 0 Å². The van der Waals surface area contributed by atoms with Gasteiger partial charge in [0.05, 0.1) is 0 Å². The molecule has 3 rings (SSSR count). The number of hydrogen-bond acceptors (Lipinski definition) is 1. The van der Waals surface area contributed by atoms with Crippen LogP contribution in [-0.2, 0) is 5.54 Å². The van der Waals surface area contributed by atoms with Crippen molar-refractivity contribution in [2.45, 2.75) is 45.2 Å². The fourth-order valence-electron chi connectivity index (χ4n) is 3.58. The monoisotopic (exact) mass is 215 g/mol. The minimum Gasteiger partial charge on any atom is -0.291 e. The van der Waals surface area contributed by atoms with Gasteiger partial charge in [0.15, 0.2) is 0 Å². The molecule has 0 bridgehead atoms. The van der Waals surface area contributed by atoms with Gasteiger partial charge < -0.3 is 0 Å². The van der Waals surface area contributed by atoms with Crippen molar-refractivity contribution in [1.29, 1.82) is 0 Å². The van der Waals surface area contributed by atoms with Gasteiger partial charge in [-0.15, -0.1) is 0 Å². The van der Waals surface area contributed by atoms with Crippen LogP contribution < -0.4 is 0 Å². The molecule has 1 heteroatoms. The SMILES string of the molecule is Cc1ccc([C@]23CC2CCN3C(C)C)cc1. The Labute approximate surface area is 98.5 Å². The molecule has 0 N–H and O–H groups in total. The Balaban J connectivity index is 1.97. The van der Waals surface area contributed by atoms with Crippen LogP contribution >= 0.6 is 0 Å². The number of benzene rings is 1. The standard InChI is InChI=1S/C15H21N/c1-11(2)16-9-8-14-10-15(14,16)13-6-4-12(3)5-7-13/h4-7,11,14H,8-10H2,1-3H3/t14?,15-/m1/s1. The van der Waals surface area contributed by atoms with E-state index in [1.807, 2.05) is 0 Å². The summed E-state index contributed by atoms with van der Waals surface area (Å²) in [6.07, 6.45) is 2.78. The predicted molar refractivity (Wildman–Crippen MR) is 67.4 cm³/mol. The third-order valence-corrected chi connectivity index (χ3v) is 4.48. The van der Waals surface area contributed by atoms with E-state index in [2.05, 4.69) is 49.9 Å². The molecule has 1 unspecified atom stereocenters. The zero-order chi connectivity index (χ0) is 11.3. The molecule has 1 aliphatic heterocycles. The van der Waals surface area contributed by atoms with E-state index in [4.69, 9.17) is 0 Å². The lowest BCUT2D eigenvalue weighted by molar-refractivity contribution is 0.164. The van der Waals surface area contributed by atoms with Gasteiger partial charge in [-0.05, 0) is 51.6 Å². The van der Waals surface area contributed by atoms with Crippen molar-refractivity contribution < 1.29 is 0 Å². The van der Waals surface area contributed by atoms with Gasteiger partial charge in [0.1, 0.15) is 0 Å². The van der Waals surface area contributed by atoms with Crippen LogP contribution in [0.1, 0.15) is 37.8 Å². The lowest BCUT2D eigenvalue weighted by Gasteiger charge is -2.32. The maximum atomic E-state index is 2.71. The first-order chi connectivity index (χ1) is 7.64. The summed E-state index contributed by atoms with van der Waals surface area (Å²) >= 11 is 0. The number of likely N-dealkylation sites (tertiary alicyclic amines) is 1. The van der Waals surface area contributed by atoms with Crippen LogP contribution in [0.5, 0.6) is 0 Å². The molecule has 1 aromatic carbocycles. The Morgan fingerprint density at radius 1 is 1.25 bits per heavy atom. The van der Waals surface area contributed by atoms with Crippen LogP contribution in [0.3, 0.4) is 0 Å². The molecule has 0 radical (unpaired) electrons. The molecule has 2 fully saturated rings. The maximum absolute atomic E-state index is 2.71. The van der Waals surface area contributed by atoms with Gasteiger partial charge in [-0.25, -0.2) is 0 Å². The number of aryl methyl sites for hydroxylation is 1. The molecule has 2 atom stereocenters. The van der Waals surface area contributed by atoms with Gasteiger partial charge >= 0.3 is 0 Å². The van der Waals surface area contributed by atoms with E-state index >= 15 is 0 Å². The van der Waals surface area contributed by atoms with Gasteiger partial charge in [0, 0.05) is 11.6 Å². The summed E-state index contributed by atoms with van der Waals surface area (Å²) in [6, 6.07) is 9.88. The minimum absolute atomic E-state index is 0.419. The number of nitrogens with zero attached hydrogens (tertiary/aromatic N) is 1. The molecule has 1 nitrogen and oxygen atoms in total. The second kappa shape index (κ2) is 3.33. The molecule has 16 heavy (non-hydrogen) atoms. The molecule has 1 saturated carbocycles. The van der Waals surface area contributed by atoms with Gasteiger partial charge in [0.2, 0.25) is 0 Å².